The monoisotopic (exact) mass is 676 g/mol. The molecule has 7 nitrogen and oxygen atoms in total. The molecule has 0 spiro atoms. The van der Waals surface area contributed by atoms with Crippen LogP contribution in [0.15, 0.2) is 60.9 Å². The quantitative estimate of drug-likeness (QED) is 0.107. The normalized spacial score (nSPS) is 12.6. The molecule has 39 heavy (non-hydrogen) atoms. The Balaban J connectivity index is 1.46. The number of imidazole rings is 1. The highest BCUT2D eigenvalue weighted by molar-refractivity contribution is 14.2. The average molecular weight is 676 g/mol. The zero-order valence-corrected chi connectivity index (χ0v) is 22.9. The molecule has 0 fully saturated rings. The van der Waals surface area contributed by atoms with Gasteiger partial charge in [0.1, 0.15) is 17.9 Å². The van der Waals surface area contributed by atoms with Crippen molar-refractivity contribution in [2.75, 3.05) is 0 Å². The lowest BCUT2D eigenvalue weighted by Crippen LogP contribution is -2.09. The summed E-state index contributed by atoms with van der Waals surface area (Å²) < 4.78 is 88.8. The first-order valence-corrected chi connectivity index (χ1v) is 15.1. The Labute approximate surface area is 231 Å². The molecule has 3 heterocycles. The third-order valence-electron chi connectivity index (χ3n) is 5.69. The number of alkyl halides is 6. The maximum Gasteiger partial charge on any atom is 0.434 e. The van der Waals surface area contributed by atoms with Crippen LogP contribution in [-0.2, 0) is 26.0 Å². The van der Waals surface area contributed by atoms with Crippen LogP contribution < -0.4 is 4.74 Å². The van der Waals surface area contributed by atoms with Crippen LogP contribution in [0.2, 0.25) is 0 Å². The lowest BCUT2D eigenvalue weighted by Gasteiger charge is -2.14. The molecule has 0 saturated heterocycles. The molecule has 202 valence electrons. The number of aromatic nitrogens is 6. The first-order chi connectivity index (χ1) is 18.5. The fourth-order valence-electron chi connectivity index (χ4n) is 3.89. The van der Waals surface area contributed by atoms with E-state index in [4.69, 9.17) is 4.74 Å². The molecule has 5 aromatic rings. The molecule has 0 radical (unpaired) electrons. The lowest BCUT2D eigenvalue weighted by atomic mass is 10.1. The molecule has 0 N–H and O–H groups in total. The second kappa shape index (κ2) is 10.4. The van der Waals surface area contributed by atoms with Crippen LogP contribution in [0.5, 0.6) is 5.88 Å². The fraction of sp³-hybridized carbons (Fsp3) is 0.167. The summed E-state index contributed by atoms with van der Waals surface area (Å²) in [6, 6.07) is 11.5. The second-order valence-electron chi connectivity index (χ2n) is 8.31. The lowest BCUT2D eigenvalue weighted by molar-refractivity contribution is -0.141. The van der Waals surface area contributed by atoms with E-state index < -0.39 is 23.6 Å². The third kappa shape index (κ3) is 5.57. The van der Waals surface area contributed by atoms with E-state index in [9.17, 15) is 26.3 Å². The minimum absolute atomic E-state index is 0.0172. The fourth-order valence-corrected chi connectivity index (χ4v) is 5.39. The number of benzene rings is 2. The Hall–Kier alpha value is -3.26. The van der Waals surface area contributed by atoms with Crippen LogP contribution in [-0.4, -0.2) is 29.1 Å². The number of ether oxygens (including phenoxy) is 1. The van der Waals surface area contributed by atoms with E-state index in [0.717, 1.165) is 12.3 Å². The van der Waals surface area contributed by atoms with Crippen molar-refractivity contribution in [1.82, 2.24) is 29.1 Å². The predicted molar refractivity (Wildman–Crippen MR) is 141 cm³/mol. The van der Waals surface area contributed by atoms with Crippen molar-refractivity contribution < 1.29 is 31.1 Å². The van der Waals surface area contributed by atoms with Gasteiger partial charge in [-0.15, -0.1) is 0 Å². The molecule has 0 saturated carbocycles. The van der Waals surface area contributed by atoms with Gasteiger partial charge in [-0.05, 0) is 33.7 Å². The van der Waals surface area contributed by atoms with Gasteiger partial charge >= 0.3 is 12.4 Å². The Morgan fingerprint density at radius 1 is 0.923 bits per heavy atom. The van der Waals surface area contributed by atoms with Gasteiger partial charge in [0.15, 0.2) is 17.0 Å². The average Bonchev–Trinajstić information content (AvgIpc) is 3.50. The molecule has 5 rings (SSSR count). The molecule has 0 aliphatic carbocycles. The standard InChI is InChI=1S/C24H16F6IN6OP/c1-36-11-18(24(28,29)30)34-21(36)14-8-6-13(7-9-14)12-38-22-19-17(10-32-37(19)39-31)33-20(35-22)15-4-2-3-5-16(15)23(25,26)27/h2-11,39H,12H2,1H3. The summed E-state index contributed by atoms with van der Waals surface area (Å²) in [5.41, 5.74) is -0.193. The maximum absolute atomic E-state index is 13.7. The van der Waals surface area contributed by atoms with Crippen molar-refractivity contribution in [3.63, 3.8) is 0 Å². The number of fused-ring (bicyclic) bond motifs is 1. The summed E-state index contributed by atoms with van der Waals surface area (Å²) in [4.78, 5) is 12.3. The van der Waals surface area contributed by atoms with E-state index in [2.05, 4.69) is 42.1 Å². The van der Waals surface area contributed by atoms with Crippen molar-refractivity contribution in [2.24, 2.45) is 7.05 Å². The van der Waals surface area contributed by atoms with Gasteiger partial charge in [-0.3, -0.25) is 0 Å². The first-order valence-electron chi connectivity index (χ1n) is 11.1. The van der Waals surface area contributed by atoms with Crippen LogP contribution in [0.4, 0.5) is 26.3 Å². The van der Waals surface area contributed by atoms with Gasteiger partial charge in [-0.25, -0.2) is 14.4 Å². The van der Waals surface area contributed by atoms with Crippen molar-refractivity contribution >= 4 is 39.4 Å². The molecular formula is C24H16F6IN6OP. The van der Waals surface area contributed by atoms with Gasteiger partial charge in [0.2, 0.25) is 5.88 Å². The molecule has 3 aromatic heterocycles. The van der Waals surface area contributed by atoms with Crippen molar-refractivity contribution in [3.8, 4) is 28.7 Å². The van der Waals surface area contributed by atoms with E-state index >= 15 is 0 Å². The SMILES string of the molecule is Cn1cc(C(F)(F)F)nc1-c1ccc(COc2nc(-c3ccccc3C(F)(F)F)nc3cnn(PI)c23)cc1. The van der Waals surface area contributed by atoms with Gasteiger partial charge in [-0.2, -0.15) is 36.4 Å². The minimum Gasteiger partial charge on any atom is -0.471 e. The smallest absolute Gasteiger partial charge is 0.434 e. The van der Waals surface area contributed by atoms with Crippen molar-refractivity contribution in [3.05, 3.63) is 77.7 Å². The molecule has 1 atom stereocenters. The van der Waals surface area contributed by atoms with Gasteiger partial charge in [0, 0.05) is 24.4 Å². The number of hydrogen-bond acceptors (Lipinski definition) is 5. The van der Waals surface area contributed by atoms with E-state index in [1.165, 1.54) is 36.0 Å². The highest BCUT2D eigenvalue weighted by atomic mass is 127. The number of hydrogen-bond donors (Lipinski definition) is 0. The molecule has 1 unspecified atom stereocenters. The zero-order valence-electron chi connectivity index (χ0n) is 19.7. The zero-order chi connectivity index (χ0) is 27.9. The third-order valence-corrected chi connectivity index (χ3v) is 7.56. The summed E-state index contributed by atoms with van der Waals surface area (Å²) in [5.74, 6) is 0.0382. The second-order valence-corrected chi connectivity index (χ2v) is 10.4. The summed E-state index contributed by atoms with van der Waals surface area (Å²) in [7, 11) is 1.47. The van der Waals surface area contributed by atoms with Crippen molar-refractivity contribution in [1.29, 1.82) is 0 Å². The molecule has 0 bridgehead atoms. The van der Waals surface area contributed by atoms with Gasteiger partial charge in [0.05, 0.1) is 18.1 Å². The van der Waals surface area contributed by atoms with E-state index in [-0.39, 0.29) is 36.1 Å². The maximum atomic E-state index is 13.7. The van der Waals surface area contributed by atoms with Crippen LogP contribution in [0, 0.1) is 0 Å². The molecule has 15 heteroatoms. The first kappa shape index (κ1) is 27.3. The Kier molecular flexibility index (Phi) is 7.27. The molecule has 0 aliphatic rings. The van der Waals surface area contributed by atoms with Gasteiger partial charge in [0.25, 0.3) is 0 Å². The summed E-state index contributed by atoms with van der Waals surface area (Å²) >= 11 is 2.10. The highest BCUT2D eigenvalue weighted by Crippen LogP contribution is 2.39. The molecule has 2 aromatic carbocycles. The summed E-state index contributed by atoms with van der Waals surface area (Å²) in [6.07, 6.45) is -6.67. The van der Waals surface area contributed by atoms with E-state index in [1.54, 1.807) is 28.7 Å². The Morgan fingerprint density at radius 2 is 1.64 bits per heavy atom. The minimum atomic E-state index is -4.61. The topological polar surface area (TPSA) is 70.7 Å². The number of rotatable bonds is 6. The Morgan fingerprint density at radius 3 is 2.28 bits per heavy atom. The van der Waals surface area contributed by atoms with E-state index in [0.29, 0.717) is 22.2 Å². The van der Waals surface area contributed by atoms with Crippen LogP contribution in [0.1, 0.15) is 16.8 Å². The van der Waals surface area contributed by atoms with Gasteiger partial charge < -0.3 is 9.30 Å². The van der Waals surface area contributed by atoms with E-state index in [1.807, 2.05) is 0 Å². The van der Waals surface area contributed by atoms with Crippen LogP contribution in [0.3, 0.4) is 0 Å². The highest BCUT2D eigenvalue weighted by Gasteiger charge is 2.35. The summed E-state index contributed by atoms with van der Waals surface area (Å²) in [6.45, 7) is -0.0172. The Bertz CT molecular complexity index is 1650. The molecule has 0 amide bonds. The van der Waals surface area contributed by atoms with Crippen LogP contribution in [0.25, 0.3) is 33.8 Å². The predicted octanol–water partition coefficient (Wildman–Crippen LogP) is 7.30. The summed E-state index contributed by atoms with van der Waals surface area (Å²) in [5, 5.41) is 4.24. The number of aryl methyl sites for hydroxylation is 1. The van der Waals surface area contributed by atoms with Gasteiger partial charge in [-0.1, -0.05) is 42.5 Å². The van der Waals surface area contributed by atoms with Crippen molar-refractivity contribution in [2.45, 2.75) is 19.0 Å². The molecular weight excluding hydrogens is 660 g/mol. The number of halogens is 7. The van der Waals surface area contributed by atoms with Crippen LogP contribution >= 0.6 is 28.4 Å². The number of nitrogens with zero attached hydrogens (tertiary/aromatic N) is 6. The largest absolute Gasteiger partial charge is 0.471 e. The molecule has 0 aliphatic heterocycles.